The lowest BCUT2D eigenvalue weighted by atomic mass is 9.90. The van der Waals surface area contributed by atoms with Crippen LogP contribution in [0.5, 0.6) is 5.75 Å². The molecule has 2 heteroatoms. The lowest BCUT2D eigenvalue weighted by Crippen LogP contribution is -2.42. The molecule has 1 aromatic rings. The summed E-state index contributed by atoms with van der Waals surface area (Å²) in [6.45, 7) is 10.4. The summed E-state index contributed by atoms with van der Waals surface area (Å²) in [5, 5.41) is 9.36. The molecule has 1 atom stereocenters. The average molecular weight is 257 g/mol. The van der Waals surface area contributed by atoms with Crippen molar-refractivity contribution in [2.45, 2.75) is 32.7 Å². The predicted molar refractivity (Wildman–Crippen MR) is 80.4 cm³/mol. The first-order valence-corrected chi connectivity index (χ1v) is 6.91. The molecule has 0 fully saturated rings. The fraction of sp³-hybridized carbons (Fsp3) is 0.412. The molecule has 1 N–H and O–H groups in total. The van der Waals surface area contributed by atoms with Crippen LogP contribution in [0.4, 0.5) is 0 Å². The Morgan fingerprint density at radius 3 is 2.63 bits per heavy atom. The number of hydrogen-bond donors (Lipinski definition) is 1. The van der Waals surface area contributed by atoms with Crippen LogP contribution in [0, 0.1) is 0 Å². The van der Waals surface area contributed by atoms with Crippen molar-refractivity contribution >= 4 is 0 Å². The van der Waals surface area contributed by atoms with E-state index >= 15 is 0 Å². The zero-order chi connectivity index (χ0) is 13.8. The van der Waals surface area contributed by atoms with Crippen molar-refractivity contribution in [3.8, 4) is 5.75 Å². The SMILES string of the molecule is C=CCN1CCC(C)=C(C)C1Cc1ccc(O)cc1. The lowest BCUT2D eigenvalue weighted by molar-refractivity contribution is 0.229. The number of rotatable bonds is 4. The van der Waals surface area contributed by atoms with Gasteiger partial charge in [-0.05, 0) is 44.4 Å². The number of nitrogens with zero attached hydrogens (tertiary/aromatic N) is 1. The van der Waals surface area contributed by atoms with Gasteiger partial charge in [-0.25, -0.2) is 0 Å². The molecule has 0 aromatic heterocycles. The van der Waals surface area contributed by atoms with Crippen LogP contribution in [0.1, 0.15) is 25.8 Å². The van der Waals surface area contributed by atoms with Gasteiger partial charge in [0.15, 0.2) is 0 Å². The summed E-state index contributed by atoms with van der Waals surface area (Å²) in [6, 6.07) is 8.01. The van der Waals surface area contributed by atoms with Crippen LogP contribution in [0.2, 0.25) is 0 Å². The third kappa shape index (κ3) is 3.27. The van der Waals surface area contributed by atoms with E-state index in [2.05, 4.69) is 25.3 Å². The number of phenols is 1. The molecule has 0 radical (unpaired) electrons. The maximum atomic E-state index is 9.36. The molecule has 19 heavy (non-hydrogen) atoms. The van der Waals surface area contributed by atoms with Crippen molar-refractivity contribution in [1.29, 1.82) is 0 Å². The first kappa shape index (κ1) is 13.9. The van der Waals surface area contributed by atoms with Gasteiger partial charge in [0.1, 0.15) is 5.75 Å². The summed E-state index contributed by atoms with van der Waals surface area (Å²) in [7, 11) is 0. The summed E-state index contributed by atoms with van der Waals surface area (Å²) >= 11 is 0. The maximum Gasteiger partial charge on any atom is 0.115 e. The minimum Gasteiger partial charge on any atom is -0.508 e. The molecular weight excluding hydrogens is 234 g/mol. The van der Waals surface area contributed by atoms with E-state index in [0.717, 1.165) is 25.9 Å². The largest absolute Gasteiger partial charge is 0.508 e. The Hall–Kier alpha value is -1.54. The Morgan fingerprint density at radius 1 is 1.32 bits per heavy atom. The van der Waals surface area contributed by atoms with E-state index in [0.29, 0.717) is 11.8 Å². The van der Waals surface area contributed by atoms with Crippen molar-refractivity contribution < 1.29 is 5.11 Å². The molecule has 0 amide bonds. The quantitative estimate of drug-likeness (QED) is 0.834. The van der Waals surface area contributed by atoms with Gasteiger partial charge in [-0.2, -0.15) is 0 Å². The molecule has 1 aliphatic heterocycles. The number of phenolic OH excluding ortho intramolecular Hbond substituents is 1. The Labute approximate surface area is 116 Å². The topological polar surface area (TPSA) is 23.5 Å². The highest BCUT2D eigenvalue weighted by atomic mass is 16.3. The second-order valence-electron chi connectivity index (χ2n) is 5.38. The van der Waals surface area contributed by atoms with Crippen molar-refractivity contribution in [2.24, 2.45) is 0 Å². The Bertz CT molecular complexity index is 473. The Morgan fingerprint density at radius 2 is 2.00 bits per heavy atom. The average Bonchev–Trinajstić information content (AvgIpc) is 2.41. The molecule has 102 valence electrons. The van der Waals surface area contributed by atoms with Crippen LogP contribution < -0.4 is 0 Å². The molecule has 1 aromatic carbocycles. The molecule has 2 rings (SSSR count). The normalized spacial score (nSPS) is 20.6. The van der Waals surface area contributed by atoms with E-state index in [1.54, 1.807) is 12.1 Å². The summed E-state index contributed by atoms with van der Waals surface area (Å²) in [5.74, 6) is 0.332. The van der Waals surface area contributed by atoms with E-state index in [-0.39, 0.29) is 0 Å². The first-order valence-electron chi connectivity index (χ1n) is 6.91. The summed E-state index contributed by atoms with van der Waals surface area (Å²) in [6.07, 6.45) is 4.14. The van der Waals surface area contributed by atoms with Crippen LogP contribution in [-0.2, 0) is 6.42 Å². The Balaban J connectivity index is 2.19. The predicted octanol–water partition coefficient (Wildman–Crippen LogP) is 3.53. The number of aromatic hydroxyl groups is 1. The van der Waals surface area contributed by atoms with Crippen molar-refractivity contribution in [3.63, 3.8) is 0 Å². The van der Waals surface area contributed by atoms with Crippen LogP contribution in [0.3, 0.4) is 0 Å². The molecule has 0 bridgehead atoms. The monoisotopic (exact) mass is 257 g/mol. The van der Waals surface area contributed by atoms with Gasteiger partial charge in [0.25, 0.3) is 0 Å². The van der Waals surface area contributed by atoms with Gasteiger partial charge >= 0.3 is 0 Å². The van der Waals surface area contributed by atoms with Gasteiger partial charge < -0.3 is 5.11 Å². The fourth-order valence-electron chi connectivity index (χ4n) is 2.74. The first-order chi connectivity index (χ1) is 9.11. The summed E-state index contributed by atoms with van der Waals surface area (Å²) < 4.78 is 0. The lowest BCUT2D eigenvalue weighted by Gasteiger charge is -2.37. The van der Waals surface area contributed by atoms with Gasteiger partial charge in [0.2, 0.25) is 0 Å². The molecule has 1 unspecified atom stereocenters. The van der Waals surface area contributed by atoms with E-state index in [4.69, 9.17) is 0 Å². The van der Waals surface area contributed by atoms with Crippen molar-refractivity contribution in [2.75, 3.05) is 13.1 Å². The highest BCUT2D eigenvalue weighted by molar-refractivity contribution is 5.29. The molecular formula is C17H23NO. The molecule has 0 spiro atoms. The van der Waals surface area contributed by atoms with Crippen LogP contribution in [0.15, 0.2) is 48.1 Å². The van der Waals surface area contributed by atoms with E-state index in [1.807, 2.05) is 18.2 Å². The van der Waals surface area contributed by atoms with E-state index in [1.165, 1.54) is 16.7 Å². The summed E-state index contributed by atoms with van der Waals surface area (Å²) in [5.41, 5.74) is 4.27. The Kier molecular flexibility index (Phi) is 4.43. The van der Waals surface area contributed by atoms with Crippen LogP contribution in [-0.4, -0.2) is 29.1 Å². The third-order valence-electron chi connectivity index (χ3n) is 4.12. The highest BCUT2D eigenvalue weighted by Gasteiger charge is 2.24. The number of benzene rings is 1. The van der Waals surface area contributed by atoms with Gasteiger partial charge in [-0.1, -0.05) is 29.4 Å². The minimum absolute atomic E-state index is 0.332. The smallest absolute Gasteiger partial charge is 0.115 e. The van der Waals surface area contributed by atoms with Gasteiger partial charge in [0.05, 0.1) is 0 Å². The molecule has 1 aliphatic rings. The van der Waals surface area contributed by atoms with E-state index in [9.17, 15) is 5.11 Å². The maximum absolute atomic E-state index is 9.36. The summed E-state index contributed by atoms with van der Waals surface area (Å²) in [4.78, 5) is 2.49. The standard InChI is InChI=1S/C17H23NO/c1-4-10-18-11-9-13(2)14(3)17(18)12-15-5-7-16(19)8-6-15/h4-8,17,19H,1,9-12H2,2-3H3. The highest BCUT2D eigenvalue weighted by Crippen LogP contribution is 2.26. The van der Waals surface area contributed by atoms with Gasteiger partial charge in [0, 0.05) is 19.1 Å². The van der Waals surface area contributed by atoms with Gasteiger partial charge in [-0.3, -0.25) is 4.90 Å². The molecule has 0 aliphatic carbocycles. The van der Waals surface area contributed by atoms with Crippen LogP contribution >= 0.6 is 0 Å². The van der Waals surface area contributed by atoms with Crippen molar-refractivity contribution in [1.82, 2.24) is 4.90 Å². The van der Waals surface area contributed by atoms with Crippen LogP contribution in [0.25, 0.3) is 0 Å². The zero-order valence-corrected chi connectivity index (χ0v) is 11.9. The fourth-order valence-corrected chi connectivity index (χ4v) is 2.74. The van der Waals surface area contributed by atoms with Crippen molar-refractivity contribution in [3.05, 3.63) is 53.6 Å². The molecule has 2 nitrogen and oxygen atoms in total. The second kappa shape index (κ2) is 6.07. The second-order valence-corrected chi connectivity index (χ2v) is 5.38. The molecule has 0 saturated carbocycles. The van der Waals surface area contributed by atoms with Gasteiger partial charge in [-0.15, -0.1) is 6.58 Å². The number of hydrogen-bond acceptors (Lipinski definition) is 2. The third-order valence-corrected chi connectivity index (χ3v) is 4.12. The molecule has 1 heterocycles. The zero-order valence-electron chi connectivity index (χ0n) is 11.9. The molecule has 0 saturated heterocycles. The van der Waals surface area contributed by atoms with E-state index < -0.39 is 0 Å². The minimum atomic E-state index is 0.332.